The van der Waals surface area contributed by atoms with E-state index in [1.54, 1.807) is 7.11 Å². The maximum Gasteiger partial charge on any atom is 0.158 e. The van der Waals surface area contributed by atoms with Gasteiger partial charge in [0.15, 0.2) is 5.65 Å². The molecule has 2 aromatic heterocycles. The molecule has 1 aliphatic heterocycles. The van der Waals surface area contributed by atoms with E-state index in [-0.39, 0.29) is 0 Å². The summed E-state index contributed by atoms with van der Waals surface area (Å²) < 4.78 is 7.30. The summed E-state index contributed by atoms with van der Waals surface area (Å²) in [4.78, 5) is 7.30. The van der Waals surface area contributed by atoms with E-state index < -0.39 is 0 Å². The van der Waals surface area contributed by atoms with Gasteiger partial charge in [-0.3, -0.25) is 0 Å². The Hall–Kier alpha value is -2.56. The molecule has 4 rings (SSSR count). The first-order chi connectivity index (χ1) is 13.0. The third-order valence-corrected chi connectivity index (χ3v) is 5.61. The Morgan fingerprint density at radius 2 is 1.70 bits per heavy atom. The van der Waals surface area contributed by atoms with Gasteiger partial charge in [0, 0.05) is 36.0 Å². The van der Waals surface area contributed by atoms with Crippen LogP contribution in [0.25, 0.3) is 16.9 Å². The number of nitrogens with zero attached hydrogens (tertiary/aromatic N) is 4. The van der Waals surface area contributed by atoms with Crippen LogP contribution in [0.15, 0.2) is 30.3 Å². The highest BCUT2D eigenvalue weighted by molar-refractivity contribution is 5.67. The summed E-state index contributed by atoms with van der Waals surface area (Å²) in [5.74, 6) is 3.42. The lowest BCUT2D eigenvalue weighted by Gasteiger charge is -2.37. The second-order valence-electron chi connectivity index (χ2n) is 8.02. The number of piperidine rings is 1. The highest BCUT2D eigenvalue weighted by atomic mass is 16.5. The first-order valence-corrected chi connectivity index (χ1v) is 9.72. The van der Waals surface area contributed by atoms with Crippen molar-refractivity contribution in [1.29, 1.82) is 0 Å². The summed E-state index contributed by atoms with van der Waals surface area (Å²) >= 11 is 0. The number of aromatic nitrogens is 3. The largest absolute Gasteiger partial charge is 0.497 e. The van der Waals surface area contributed by atoms with Crippen molar-refractivity contribution in [2.24, 2.45) is 11.8 Å². The lowest BCUT2D eigenvalue weighted by molar-refractivity contribution is 0.354. The van der Waals surface area contributed by atoms with Crippen molar-refractivity contribution in [3.63, 3.8) is 0 Å². The van der Waals surface area contributed by atoms with Crippen LogP contribution in [0.3, 0.4) is 0 Å². The van der Waals surface area contributed by atoms with Crippen molar-refractivity contribution in [2.45, 2.75) is 34.1 Å². The highest BCUT2D eigenvalue weighted by Crippen LogP contribution is 2.31. The molecule has 0 amide bonds. The van der Waals surface area contributed by atoms with Crippen LogP contribution in [-0.4, -0.2) is 34.8 Å². The minimum absolute atomic E-state index is 0.688. The SMILES string of the molecule is COc1ccc(-c2cc3nc(C)c(C)c(N4C[C@H](C)C[C@H](C)C4)n3n2)cc1. The summed E-state index contributed by atoms with van der Waals surface area (Å²) in [5, 5.41) is 4.94. The zero-order chi connectivity index (χ0) is 19.1. The lowest BCUT2D eigenvalue weighted by atomic mass is 9.91. The van der Waals surface area contributed by atoms with E-state index in [2.05, 4.69) is 38.7 Å². The topological polar surface area (TPSA) is 42.7 Å². The molecule has 3 heterocycles. The van der Waals surface area contributed by atoms with Gasteiger partial charge < -0.3 is 9.64 Å². The molecule has 0 unspecified atom stereocenters. The minimum atomic E-state index is 0.688. The number of hydrogen-bond acceptors (Lipinski definition) is 4. The zero-order valence-corrected chi connectivity index (χ0v) is 16.9. The molecule has 0 aliphatic carbocycles. The summed E-state index contributed by atoms with van der Waals surface area (Å²) in [6, 6.07) is 10.1. The Labute approximate surface area is 161 Å². The van der Waals surface area contributed by atoms with Crippen LogP contribution in [0.1, 0.15) is 31.5 Å². The van der Waals surface area contributed by atoms with Crippen LogP contribution in [0, 0.1) is 25.7 Å². The minimum Gasteiger partial charge on any atom is -0.497 e. The second-order valence-corrected chi connectivity index (χ2v) is 8.02. The number of fused-ring (bicyclic) bond motifs is 1. The van der Waals surface area contributed by atoms with E-state index >= 15 is 0 Å². The number of ether oxygens (including phenoxy) is 1. The average molecular weight is 364 g/mol. The van der Waals surface area contributed by atoms with E-state index in [9.17, 15) is 0 Å². The molecule has 142 valence electrons. The molecule has 1 fully saturated rings. The van der Waals surface area contributed by atoms with E-state index in [0.29, 0.717) is 11.8 Å². The van der Waals surface area contributed by atoms with Crippen molar-refractivity contribution < 1.29 is 4.74 Å². The fourth-order valence-electron chi connectivity index (χ4n) is 4.29. The number of methoxy groups -OCH3 is 1. The van der Waals surface area contributed by atoms with Crippen LogP contribution in [0.2, 0.25) is 0 Å². The summed E-state index contributed by atoms with van der Waals surface area (Å²) in [6.45, 7) is 11.1. The van der Waals surface area contributed by atoms with Gasteiger partial charge in [-0.05, 0) is 56.4 Å². The molecule has 0 N–H and O–H groups in total. The Balaban J connectivity index is 1.83. The Bertz CT molecular complexity index is 951. The molecule has 1 saturated heterocycles. The summed E-state index contributed by atoms with van der Waals surface area (Å²) in [5.41, 5.74) is 5.21. The van der Waals surface area contributed by atoms with Crippen LogP contribution in [0.5, 0.6) is 5.75 Å². The molecule has 27 heavy (non-hydrogen) atoms. The number of hydrogen-bond donors (Lipinski definition) is 0. The van der Waals surface area contributed by atoms with Crippen LogP contribution in [0.4, 0.5) is 5.82 Å². The molecule has 0 saturated carbocycles. The molecule has 0 radical (unpaired) electrons. The zero-order valence-electron chi connectivity index (χ0n) is 16.9. The van der Waals surface area contributed by atoms with Crippen LogP contribution < -0.4 is 9.64 Å². The van der Waals surface area contributed by atoms with Crippen molar-refractivity contribution in [3.8, 4) is 17.0 Å². The first-order valence-electron chi connectivity index (χ1n) is 9.72. The fourth-order valence-corrected chi connectivity index (χ4v) is 4.29. The third-order valence-electron chi connectivity index (χ3n) is 5.61. The van der Waals surface area contributed by atoms with Gasteiger partial charge in [0.1, 0.15) is 11.6 Å². The smallest absolute Gasteiger partial charge is 0.158 e. The predicted molar refractivity (Wildman–Crippen MR) is 110 cm³/mol. The van der Waals surface area contributed by atoms with Crippen molar-refractivity contribution in [3.05, 3.63) is 41.6 Å². The average Bonchev–Trinajstić information content (AvgIpc) is 3.05. The molecule has 1 aromatic carbocycles. The van der Waals surface area contributed by atoms with E-state index in [4.69, 9.17) is 14.8 Å². The Morgan fingerprint density at radius 3 is 2.33 bits per heavy atom. The number of rotatable bonds is 3. The molecule has 1 aliphatic rings. The Kier molecular flexibility index (Phi) is 4.54. The fraction of sp³-hybridized carbons (Fsp3) is 0.455. The quantitative estimate of drug-likeness (QED) is 0.686. The van der Waals surface area contributed by atoms with Crippen molar-refractivity contribution >= 4 is 11.5 Å². The monoisotopic (exact) mass is 364 g/mol. The lowest BCUT2D eigenvalue weighted by Crippen LogP contribution is -2.40. The van der Waals surface area contributed by atoms with Gasteiger partial charge in [0.25, 0.3) is 0 Å². The standard InChI is InChI=1S/C22H28N4O/c1-14-10-15(2)13-25(12-14)22-16(3)17(4)23-21-11-20(24-26(21)22)18-6-8-19(27-5)9-7-18/h6-9,11,14-15H,10,12-13H2,1-5H3/t14-,15+. The van der Waals surface area contributed by atoms with Gasteiger partial charge in [-0.25, -0.2) is 4.98 Å². The Morgan fingerprint density at radius 1 is 1.04 bits per heavy atom. The van der Waals surface area contributed by atoms with Gasteiger partial charge in [-0.1, -0.05) is 13.8 Å². The van der Waals surface area contributed by atoms with Gasteiger partial charge >= 0.3 is 0 Å². The first kappa shape index (κ1) is 17.8. The maximum atomic E-state index is 5.27. The number of benzene rings is 1. The molecule has 5 nitrogen and oxygen atoms in total. The molecule has 3 aromatic rings. The number of aryl methyl sites for hydroxylation is 1. The van der Waals surface area contributed by atoms with Crippen LogP contribution in [-0.2, 0) is 0 Å². The normalized spacial score (nSPS) is 20.3. The summed E-state index contributed by atoms with van der Waals surface area (Å²) in [7, 11) is 1.68. The second kappa shape index (κ2) is 6.87. The molecule has 0 bridgehead atoms. The molecule has 5 heteroatoms. The molecule has 0 spiro atoms. The summed E-state index contributed by atoms with van der Waals surface area (Å²) in [6.07, 6.45) is 1.29. The molecular weight excluding hydrogens is 336 g/mol. The van der Waals surface area contributed by atoms with Gasteiger partial charge in [-0.2, -0.15) is 9.61 Å². The van der Waals surface area contributed by atoms with Gasteiger partial charge in [0.2, 0.25) is 0 Å². The molecular formula is C22H28N4O. The maximum absolute atomic E-state index is 5.27. The van der Waals surface area contributed by atoms with Crippen molar-refractivity contribution in [1.82, 2.24) is 14.6 Å². The van der Waals surface area contributed by atoms with Gasteiger partial charge in [0.05, 0.1) is 12.8 Å². The third kappa shape index (κ3) is 3.27. The van der Waals surface area contributed by atoms with E-state index in [1.165, 1.54) is 17.8 Å². The molecule has 2 atom stereocenters. The van der Waals surface area contributed by atoms with Crippen molar-refractivity contribution in [2.75, 3.05) is 25.1 Å². The van der Waals surface area contributed by atoms with E-state index in [1.807, 2.05) is 28.8 Å². The van der Waals surface area contributed by atoms with E-state index in [0.717, 1.165) is 41.4 Å². The van der Waals surface area contributed by atoms with Crippen LogP contribution >= 0.6 is 0 Å². The number of anilines is 1. The highest BCUT2D eigenvalue weighted by Gasteiger charge is 2.26. The predicted octanol–water partition coefficient (Wildman–Crippen LogP) is 4.50. The van der Waals surface area contributed by atoms with Gasteiger partial charge in [-0.15, -0.1) is 0 Å².